The number of hydrogen-bond acceptors (Lipinski definition) is 4. The van der Waals surface area contributed by atoms with Gasteiger partial charge in [-0.2, -0.15) is 0 Å². The van der Waals surface area contributed by atoms with Crippen LogP contribution in [0.5, 0.6) is 0 Å². The van der Waals surface area contributed by atoms with E-state index in [0.29, 0.717) is 22.2 Å². The number of hydrogen-bond donors (Lipinski definition) is 2. The van der Waals surface area contributed by atoms with Crippen LogP contribution in [0.3, 0.4) is 0 Å². The molecule has 8 heteroatoms. The largest absolute Gasteiger partial charge is 0.340 e. The molecule has 0 saturated carbocycles. The van der Waals surface area contributed by atoms with E-state index < -0.39 is 10.0 Å². The Morgan fingerprint density at radius 2 is 1.52 bits per heavy atom. The third-order valence-electron chi connectivity index (χ3n) is 3.26. The van der Waals surface area contributed by atoms with Crippen molar-refractivity contribution >= 4 is 38.8 Å². The van der Waals surface area contributed by atoms with Crippen molar-refractivity contribution in [3.8, 4) is 0 Å². The summed E-state index contributed by atoms with van der Waals surface area (Å²) >= 11 is 5.76. The number of halogens is 2. The van der Waals surface area contributed by atoms with E-state index in [1.807, 2.05) is 0 Å². The average Bonchev–Trinajstić information content (AvgIpc) is 2.59. The molecule has 25 heavy (non-hydrogen) atoms. The van der Waals surface area contributed by atoms with Crippen molar-refractivity contribution < 1.29 is 12.8 Å². The molecule has 0 radical (unpaired) electrons. The van der Waals surface area contributed by atoms with Crippen LogP contribution in [0.1, 0.15) is 0 Å². The van der Waals surface area contributed by atoms with E-state index in [1.165, 1.54) is 42.6 Å². The van der Waals surface area contributed by atoms with Crippen LogP contribution in [-0.2, 0) is 10.0 Å². The Hall–Kier alpha value is -2.64. The van der Waals surface area contributed by atoms with Crippen LogP contribution in [0.25, 0.3) is 0 Å². The number of nitrogens with zero attached hydrogens (tertiary/aromatic N) is 1. The number of nitrogens with one attached hydrogen (secondary N) is 2. The lowest BCUT2D eigenvalue weighted by Gasteiger charge is -2.09. The summed E-state index contributed by atoms with van der Waals surface area (Å²) < 4.78 is 39.9. The van der Waals surface area contributed by atoms with Gasteiger partial charge in [-0.3, -0.25) is 4.72 Å². The Bertz CT molecular complexity index is 960. The number of benzene rings is 2. The van der Waals surface area contributed by atoms with Gasteiger partial charge in [-0.1, -0.05) is 11.6 Å². The Labute approximate surface area is 149 Å². The number of sulfonamides is 1. The van der Waals surface area contributed by atoms with Gasteiger partial charge in [0.05, 0.1) is 16.8 Å². The van der Waals surface area contributed by atoms with Gasteiger partial charge >= 0.3 is 0 Å². The first kappa shape index (κ1) is 17.2. The maximum atomic E-state index is 12.9. The van der Waals surface area contributed by atoms with Crippen molar-refractivity contribution in [2.75, 3.05) is 10.0 Å². The second-order valence-electron chi connectivity index (χ2n) is 5.12. The number of aromatic nitrogens is 1. The minimum atomic E-state index is -3.72. The Morgan fingerprint density at radius 1 is 0.880 bits per heavy atom. The molecular weight excluding hydrogens is 365 g/mol. The molecule has 0 spiro atoms. The highest BCUT2D eigenvalue weighted by molar-refractivity contribution is 7.92. The number of anilines is 3. The summed E-state index contributed by atoms with van der Waals surface area (Å²) in [6.45, 7) is 0. The van der Waals surface area contributed by atoms with Gasteiger partial charge in [0.25, 0.3) is 10.0 Å². The summed E-state index contributed by atoms with van der Waals surface area (Å²) in [5.74, 6) is 0.173. The van der Waals surface area contributed by atoms with E-state index >= 15 is 0 Å². The van der Waals surface area contributed by atoms with E-state index in [9.17, 15) is 12.8 Å². The van der Waals surface area contributed by atoms with E-state index in [2.05, 4.69) is 15.0 Å². The van der Waals surface area contributed by atoms with E-state index in [1.54, 1.807) is 24.3 Å². The van der Waals surface area contributed by atoms with Gasteiger partial charge in [0, 0.05) is 10.7 Å². The smallest absolute Gasteiger partial charge is 0.261 e. The predicted octanol–water partition coefficient (Wildman–Crippen LogP) is 4.42. The molecule has 0 aliphatic carbocycles. The fourth-order valence-electron chi connectivity index (χ4n) is 2.04. The second kappa shape index (κ2) is 7.08. The van der Waals surface area contributed by atoms with Crippen LogP contribution in [0, 0.1) is 5.82 Å². The Kier molecular flexibility index (Phi) is 4.87. The van der Waals surface area contributed by atoms with Crippen molar-refractivity contribution in [1.82, 2.24) is 4.98 Å². The van der Waals surface area contributed by atoms with Gasteiger partial charge in [-0.15, -0.1) is 0 Å². The molecule has 0 atom stereocenters. The van der Waals surface area contributed by atoms with Crippen molar-refractivity contribution in [3.63, 3.8) is 0 Å². The van der Waals surface area contributed by atoms with Crippen LogP contribution < -0.4 is 10.0 Å². The summed E-state index contributed by atoms with van der Waals surface area (Å²) in [6, 6.07) is 14.9. The van der Waals surface area contributed by atoms with Gasteiger partial charge in [-0.05, 0) is 60.7 Å². The fourth-order valence-corrected chi connectivity index (χ4v) is 3.21. The maximum Gasteiger partial charge on any atom is 0.261 e. The van der Waals surface area contributed by atoms with Crippen molar-refractivity contribution in [1.29, 1.82) is 0 Å². The lowest BCUT2D eigenvalue weighted by Crippen LogP contribution is -2.13. The molecule has 0 unspecified atom stereocenters. The molecule has 0 saturated heterocycles. The minimum Gasteiger partial charge on any atom is -0.340 e. The van der Waals surface area contributed by atoms with Gasteiger partial charge in [-0.25, -0.2) is 17.8 Å². The zero-order valence-corrected chi connectivity index (χ0v) is 14.4. The molecule has 0 aliphatic rings. The van der Waals surface area contributed by atoms with Crippen molar-refractivity contribution in [3.05, 3.63) is 77.7 Å². The minimum absolute atomic E-state index is 0.102. The topological polar surface area (TPSA) is 71.1 Å². The van der Waals surface area contributed by atoms with Crippen LogP contribution in [0.15, 0.2) is 71.8 Å². The SMILES string of the molecule is O=S(=O)(Nc1ccc(Nc2ccc(F)cc2)nc1)c1ccc(Cl)cc1. The fraction of sp³-hybridized carbons (Fsp3) is 0. The highest BCUT2D eigenvalue weighted by Gasteiger charge is 2.14. The van der Waals surface area contributed by atoms with Gasteiger partial charge < -0.3 is 5.32 Å². The average molecular weight is 378 g/mol. The molecule has 2 aromatic carbocycles. The van der Waals surface area contributed by atoms with E-state index in [4.69, 9.17) is 11.6 Å². The molecule has 3 aromatic rings. The van der Waals surface area contributed by atoms with Gasteiger partial charge in [0.2, 0.25) is 0 Å². The van der Waals surface area contributed by atoms with Gasteiger partial charge in [0.15, 0.2) is 0 Å². The maximum absolute atomic E-state index is 12.9. The first-order valence-corrected chi connectivity index (χ1v) is 9.05. The summed E-state index contributed by atoms with van der Waals surface area (Å²) in [7, 11) is -3.72. The molecule has 0 amide bonds. The van der Waals surface area contributed by atoms with Crippen LogP contribution >= 0.6 is 11.6 Å². The van der Waals surface area contributed by atoms with Crippen LogP contribution in [0.4, 0.5) is 21.6 Å². The summed E-state index contributed by atoms with van der Waals surface area (Å²) in [4.78, 5) is 4.24. The normalized spacial score (nSPS) is 11.1. The van der Waals surface area contributed by atoms with Crippen LogP contribution in [0.2, 0.25) is 5.02 Å². The predicted molar refractivity (Wildman–Crippen MR) is 96.2 cm³/mol. The van der Waals surface area contributed by atoms with Crippen LogP contribution in [-0.4, -0.2) is 13.4 Å². The second-order valence-corrected chi connectivity index (χ2v) is 7.24. The lowest BCUT2D eigenvalue weighted by molar-refractivity contribution is 0.601. The monoisotopic (exact) mass is 377 g/mol. The highest BCUT2D eigenvalue weighted by Crippen LogP contribution is 2.20. The molecule has 1 heterocycles. The quantitative estimate of drug-likeness (QED) is 0.690. The van der Waals surface area contributed by atoms with E-state index in [-0.39, 0.29) is 10.7 Å². The number of pyridine rings is 1. The van der Waals surface area contributed by atoms with Gasteiger partial charge in [0.1, 0.15) is 11.6 Å². The molecule has 5 nitrogen and oxygen atoms in total. The highest BCUT2D eigenvalue weighted by atomic mass is 35.5. The first-order valence-electron chi connectivity index (χ1n) is 7.19. The standard InChI is InChI=1S/C17H13ClFN3O2S/c18-12-1-8-16(9-2-12)25(23,24)22-15-7-10-17(20-11-15)21-14-5-3-13(19)4-6-14/h1-11,22H,(H,20,21). The third-order valence-corrected chi connectivity index (χ3v) is 4.91. The zero-order chi connectivity index (χ0) is 17.9. The van der Waals surface area contributed by atoms with E-state index in [0.717, 1.165) is 0 Å². The third kappa shape index (κ3) is 4.46. The van der Waals surface area contributed by atoms with Crippen molar-refractivity contribution in [2.45, 2.75) is 4.90 Å². The first-order chi connectivity index (χ1) is 11.9. The zero-order valence-electron chi connectivity index (χ0n) is 12.8. The molecule has 0 aliphatic heterocycles. The molecule has 3 rings (SSSR count). The summed E-state index contributed by atoms with van der Waals surface area (Å²) in [6.07, 6.45) is 1.39. The Morgan fingerprint density at radius 3 is 2.12 bits per heavy atom. The summed E-state index contributed by atoms with van der Waals surface area (Å²) in [5.41, 5.74) is 0.989. The molecule has 0 bridgehead atoms. The molecule has 128 valence electrons. The number of rotatable bonds is 5. The van der Waals surface area contributed by atoms with Crippen molar-refractivity contribution in [2.24, 2.45) is 0 Å². The summed E-state index contributed by atoms with van der Waals surface area (Å²) in [5, 5.41) is 3.44. The lowest BCUT2D eigenvalue weighted by atomic mass is 10.3. The molecule has 1 aromatic heterocycles. The molecule has 0 fully saturated rings. The molecule has 2 N–H and O–H groups in total. The molecular formula is C17H13ClFN3O2S. The Balaban J connectivity index is 1.71.